The fourth-order valence-electron chi connectivity index (χ4n) is 0.907. The maximum Gasteiger partial charge on any atom is 0.330 e. The van der Waals surface area contributed by atoms with Gasteiger partial charge in [-0.3, -0.25) is 4.55 Å². The van der Waals surface area contributed by atoms with Gasteiger partial charge in [-0.15, -0.1) is 0 Å². The fraction of sp³-hybridized carbons (Fsp3) is 0.625. The van der Waals surface area contributed by atoms with Crippen molar-refractivity contribution in [2.75, 3.05) is 5.75 Å². The van der Waals surface area contributed by atoms with Crippen molar-refractivity contribution in [1.82, 2.24) is 0 Å². The van der Waals surface area contributed by atoms with Crippen LogP contribution < -0.4 is 0 Å². The molecule has 0 spiro atoms. The van der Waals surface area contributed by atoms with Gasteiger partial charge in [-0.1, -0.05) is 13.0 Å². The number of carboxylic acids is 1. The van der Waals surface area contributed by atoms with E-state index in [-0.39, 0.29) is 11.3 Å². The molecule has 0 saturated heterocycles. The first-order chi connectivity index (χ1) is 6.33. The summed E-state index contributed by atoms with van der Waals surface area (Å²) in [5.41, 5.74) is 0.122. The molecule has 0 aliphatic rings. The molecule has 0 saturated carbocycles. The van der Waals surface area contributed by atoms with Crippen LogP contribution in [-0.4, -0.2) is 29.8 Å². The molecule has 0 bridgehead atoms. The molecule has 0 fully saturated rings. The SMILES string of the molecule is C=C(CCCCCS(=O)(=O)O)C(=O)O. The summed E-state index contributed by atoms with van der Waals surface area (Å²) < 4.78 is 28.9. The Hall–Kier alpha value is -0.880. The lowest BCUT2D eigenvalue weighted by molar-refractivity contribution is -0.132. The summed E-state index contributed by atoms with van der Waals surface area (Å²) in [7, 11) is -3.88. The molecule has 0 aromatic carbocycles. The topological polar surface area (TPSA) is 91.7 Å². The van der Waals surface area contributed by atoms with E-state index in [9.17, 15) is 13.2 Å². The first-order valence-electron chi connectivity index (χ1n) is 4.19. The largest absolute Gasteiger partial charge is 0.478 e. The van der Waals surface area contributed by atoms with Crippen LogP contribution in [0.25, 0.3) is 0 Å². The summed E-state index contributed by atoms with van der Waals surface area (Å²) in [4.78, 5) is 10.3. The van der Waals surface area contributed by atoms with Gasteiger partial charge in [-0.05, 0) is 19.3 Å². The molecule has 0 aliphatic heterocycles. The molecule has 5 nitrogen and oxygen atoms in total. The number of unbranched alkanes of at least 4 members (excludes halogenated alkanes) is 2. The van der Waals surface area contributed by atoms with E-state index in [0.717, 1.165) is 0 Å². The molecule has 2 N–H and O–H groups in total. The summed E-state index contributed by atoms with van der Waals surface area (Å²) >= 11 is 0. The highest BCUT2D eigenvalue weighted by Crippen LogP contribution is 2.07. The van der Waals surface area contributed by atoms with Gasteiger partial charge in [-0.2, -0.15) is 8.42 Å². The Balaban J connectivity index is 3.49. The van der Waals surface area contributed by atoms with Crippen LogP contribution in [0, 0.1) is 0 Å². The first-order valence-corrected chi connectivity index (χ1v) is 5.80. The van der Waals surface area contributed by atoms with Crippen LogP contribution in [0.3, 0.4) is 0 Å². The summed E-state index contributed by atoms with van der Waals surface area (Å²) in [6, 6.07) is 0. The van der Waals surface area contributed by atoms with Crippen LogP contribution in [0.4, 0.5) is 0 Å². The van der Waals surface area contributed by atoms with Crippen molar-refractivity contribution in [3.63, 3.8) is 0 Å². The average molecular weight is 222 g/mol. The second-order valence-electron chi connectivity index (χ2n) is 3.01. The standard InChI is InChI=1S/C8H14O5S/c1-7(8(9)10)5-3-2-4-6-14(11,12)13/h1-6H2,(H,9,10)(H,11,12,13). The minimum atomic E-state index is -3.88. The average Bonchev–Trinajstić information content (AvgIpc) is 2.01. The zero-order chi connectivity index (χ0) is 11.2. The Labute approximate surface area is 83.2 Å². The second-order valence-corrected chi connectivity index (χ2v) is 4.58. The van der Waals surface area contributed by atoms with E-state index in [4.69, 9.17) is 9.66 Å². The predicted molar refractivity (Wildman–Crippen MR) is 51.7 cm³/mol. The zero-order valence-corrected chi connectivity index (χ0v) is 8.59. The summed E-state index contributed by atoms with van der Waals surface area (Å²) in [5, 5.41) is 8.43. The van der Waals surface area contributed by atoms with Crippen molar-refractivity contribution in [2.24, 2.45) is 0 Å². The lowest BCUT2D eigenvalue weighted by Gasteiger charge is -1.99. The number of aliphatic carboxylic acids is 1. The number of hydrogen-bond acceptors (Lipinski definition) is 3. The minimum Gasteiger partial charge on any atom is -0.478 e. The summed E-state index contributed by atoms with van der Waals surface area (Å²) in [5.74, 6) is -1.30. The molecule has 0 aromatic rings. The van der Waals surface area contributed by atoms with Crippen molar-refractivity contribution in [3.8, 4) is 0 Å². The van der Waals surface area contributed by atoms with E-state index < -0.39 is 16.1 Å². The van der Waals surface area contributed by atoms with Gasteiger partial charge in [0.25, 0.3) is 10.1 Å². The molecule has 0 rings (SSSR count). The van der Waals surface area contributed by atoms with E-state index >= 15 is 0 Å². The van der Waals surface area contributed by atoms with Crippen LogP contribution in [0.15, 0.2) is 12.2 Å². The Bertz CT molecular complexity index is 304. The van der Waals surface area contributed by atoms with Crippen molar-refractivity contribution >= 4 is 16.1 Å². The maximum atomic E-state index is 10.3. The van der Waals surface area contributed by atoms with E-state index in [0.29, 0.717) is 25.7 Å². The first kappa shape index (κ1) is 13.1. The van der Waals surface area contributed by atoms with Crippen LogP contribution in [0.2, 0.25) is 0 Å². The lowest BCUT2D eigenvalue weighted by Crippen LogP contribution is -2.04. The third-order valence-corrected chi connectivity index (χ3v) is 2.49. The van der Waals surface area contributed by atoms with Crippen molar-refractivity contribution in [2.45, 2.75) is 25.7 Å². The second kappa shape index (κ2) is 5.77. The highest BCUT2D eigenvalue weighted by atomic mass is 32.2. The van der Waals surface area contributed by atoms with Crippen molar-refractivity contribution in [3.05, 3.63) is 12.2 Å². The normalized spacial score (nSPS) is 11.2. The van der Waals surface area contributed by atoms with Crippen LogP contribution in [0.1, 0.15) is 25.7 Å². The predicted octanol–water partition coefficient (Wildman–Crippen LogP) is 1.08. The number of rotatable bonds is 7. The Kier molecular flexibility index (Phi) is 5.40. The molecular formula is C8H14O5S. The van der Waals surface area contributed by atoms with Gasteiger partial charge in [0.05, 0.1) is 5.75 Å². The number of carboxylic acid groups (broad SMARTS) is 1. The molecule has 0 unspecified atom stereocenters. The fourth-order valence-corrected chi connectivity index (χ4v) is 1.48. The van der Waals surface area contributed by atoms with Gasteiger partial charge in [0.1, 0.15) is 0 Å². The third-order valence-electron chi connectivity index (χ3n) is 1.68. The van der Waals surface area contributed by atoms with E-state index in [2.05, 4.69) is 6.58 Å². The minimum absolute atomic E-state index is 0.122. The van der Waals surface area contributed by atoms with Gasteiger partial charge in [-0.25, -0.2) is 4.79 Å². The quantitative estimate of drug-likeness (QED) is 0.382. The van der Waals surface area contributed by atoms with Crippen molar-refractivity contribution < 1.29 is 22.9 Å². The lowest BCUT2D eigenvalue weighted by atomic mass is 10.1. The van der Waals surface area contributed by atoms with Crippen LogP contribution >= 0.6 is 0 Å². The molecule has 0 aromatic heterocycles. The van der Waals surface area contributed by atoms with E-state index in [1.165, 1.54) is 0 Å². The van der Waals surface area contributed by atoms with Gasteiger partial charge in [0, 0.05) is 5.57 Å². The number of carbonyl (C=O) groups is 1. The summed E-state index contributed by atoms with van der Waals surface area (Å²) in [6.45, 7) is 3.33. The van der Waals surface area contributed by atoms with Gasteiger partial charge < -0.3 is 5.11 Å². The molecule has 0 atom stereocenters. The monoisotopic (exact) mass is 222 g/mol. The van der Waals surface area contributed by atoms with E-state index in [1.54, 1.807) is 0 Å². The van der Waals surface area contributed by atoms with Crippen LogP contribution in [0.5, 0.6) is 0 Å². The molecular weight excluding hydrogens is 208 g/mol. The van der Waals surface area contributed by atoms with Gasteiger partial charge in [0.2, 0.25) is 0 Å². The zero-order valence-electron chi connectivity index (χ0n) is 7.77. The Morgan fingerprint density at radius 3 is 2.21 bits per heavy atom. The molecule has 0 amide bonds. The molecule has 82 valence electrons. The molecule has 14 heavy (non-hydrogen) atoms. The molecule has 0 radical (unpaired) electrons. The van der Waals surface area contributed by atoms with Crippen molar-refractivity contribution in [1.29, 1.82) is 0 Å². The summed E-state index contributed by atoms with van der Waals surface area (Å²) in [6.07, 6.45) is 1.82. The Morgan fingerprint density at radius 2 is 1.79 bits per heavy atom. The smallest absolute Gasteiger partial charge is 0.330 e. The third kappa shape index (κ3) is 7.75. The van der Waals surface area contributed by atoms with Gasteiger partial charge >= 0.3 is 5.97 Å². The highest BCUT2D eigenvalue weighted by Gasteiger charge is 2.05. The molecule has 0 heterocycles. The number of hydrogen-bond donors (Lipinski definition) is 2. The van der Waals surface area contributed by atoms with E-state index in [1.807, 2.05) is 0 Å². The van der Waals surface area contributed by atoms with Crippen LogP contribution in [-0.2, 0) is 14.9 Å². The highest BCUT2D eigenvalue weighted by molar-refractivity contribution is 7.85. The molecule has 0 aliphatic carbocycles. The van der Waals surface area contributed by atoms with Gasteiger partial charge in [0.15, 0.2) is 0 Å². The maximum absolute atomic E-state index is 10.3. The molecule has 6 heteroatoms. The Morgan fingerprint density at radius 1 is 1.21 bits per heavy atom.